The lowest BCUT2D eigenvalue weighted by molar-refractivity contribution is -0.123. The fourth-order valence-electron chi connectivity index (χ4n) is 3.16. The van der Waals surface area contributed by atoms with E-state index >= 15 is 0 Å². The van der Waals surface area contributed by atoms with E-state index in [1.54, 1.807) is 49.5 Å². The van der Waals surface area contributed by atoms with Gasteiger partial charge in [-0.15, -0.1) is 0 Å². The van der Waals surface area contributed by atoms with E-state index in [2.05, 4.69) is 10.5 Å². The van der Waals surface area contributed by atoms with Crippen molar-refractivity contribution in [2.45, 2.75) is 20.8 Å². The molecular formula is C24H24ClN3O4. The summed E-state index contributed by atoms with van der Waals surface area (Å²) in [6, 6.07) is 15.9. The van der Waals surface area contributed by atoms with Crippen LogP contribution >= 0.6 is 11.6 Å². The smallest absolute Gasteiger partial charge is 0.338 e. The lowest BCUT2D eigenvalue weighted by Gasteiger charge is -2.10. The van der Waals surface area contributed by atoms with Gasteiger partial charge >= 0.3 is 5.97 Å². The van der Waals surface area contributed by atoms with Gasteiger partial charge in [-0.1, -0.05) is 11.6 Å². The molecule has 166 valence electrons. The molecule has 1 N–H and O–H groups in total. The Kier molecular flexibility index (Phi) is 7.68. The maximum Gasteiger partial charge on any atom is 0.338 e. The third kappa shape index (κ3) is 5.76. The van der Waals surface area contributed by atoms with Crippen molar-refractivity contribution in [3.8, 4) is 11.4 Å². The number of nitrogens with one attached hydrogen (secondary N) is 1. The molecule has 0 saturated heterocycles. The third-order valence-corrected chi connectivity index (χ3v) is 4.94. The summed E-state index contributed by atoms with van der Waals surface area (Å²) in [5.74, 6) is -0.172. The first-order chi connectivity index (χ1) is 15.4. The molecule has 1 aromatic heterocycles. The van der Waals surface area contributed by atoms with Crippen molar-refractivity contribution in [1.82, 2.24) is 9.99 Å². The number of halogens is 1. The molecule has 0 spiro atoms. The van der Waals surface area contributed by atoms with Gasteiger partial charge in [0.05, 0.1) is 18.4 Å². The van der Waals surface area contributed by atoms with Gasteiger partial charge in [-0.05, 0) is 75.4 Å². The monoisotopic (exact) mass is 453 g/mol. The Morgan fingerprint density at radius 3 is 2.44 bits per heavy atom. The number of ether oxygens (including phenoxy) is 2. The Morgan fingerprint density at radius 2 is 1.78 bits per heavy atom. The van der Waals surface area contributed by atoms with E-state index in [1.165, 1.54) is 0 Å². The van der Waals surface area contributed by atoms with Crippen LogP contribution in [0, 0.1) is 13.8 Å². The first kappa shape index (κ1) is 23.1. The van der Waals surface area contributed by atoms with E-state index in [1.807, 2.05) is 36.6 Å². The number of amides is 1. The summed E-state index contributed by atoms with van der Waals surface area (Å²) < 4.78 is 12.5. The largest absolute Gasteiger partial charge is 0.484 e. The molecule has 3 aromatic rings. The number of aromatic nitrogens is 1. The summed E-state index contributed by atoms with van der Waals surface area (Å²) in [7, 11) is 0. The summed E-state index contributed by atoms with van der Waals surface area (Å²) in [5, 5.41) is 4.63. The van der Waals surface area contributed by atoms with Gasteiger partial charge in [-0.2, -0.15) is 5.10 Å². The zero-order valence-corrected chi connectivity index (χ0v) is 18.8. The highest BCUT2D eigenvalue weighted by atomic mass is 35.5. The fraction of sp³-hybridized carbons (Fsp3) is 0.208. The van der Waals surface area contributed by atoms with Gasteiger partial charge in [0.15, 0.2) is 6.61 Å². The van der Waals surface area contributed by atoms with Gasteiger partial charge in [0, 0.05) is 27.7 Å². The van der Waals surface area contributed by atoms with E-state index in [4.69, 9.17) is 21.1 Å². The Bertz CT molecular complexity index is 1120. The number of hydrogen-bond donors (Lipinski definition) is 1. The number of rotatable bonds is 8. The van der Waals surface area contributed by atoms with Crippen LogP contribution in [0.1, 0.15) is 34.2 Å². The average Bonchev–Trinajstić information content (AvgIpc) is 3.06. The van der Waals surface area contributed by atoms with Crippen LogP contribution in [0.15, 0.2) is 59.7 Å². The molecule has 0 bridgehead atoms. The summed E-state index contributed by atoms with van der Waals surface area (Å²) in [5.41, 5.74) is 6.67. The summed E-state index contributed by atoms with van der Waals surface area (Å²) in [6.45, 7) is 5.88. The summed E-state index contributed by atoms with van der Waals surface area (Å²) >= 11 is 5.82. The maximum atomic E-state index is 12.0. The first-order valence-electron chi connectivity index (χ1n) is 10.1. The van der Waals surface area contributed by atoms with Crippen LogP contribution < -0.4 is 10.2 Å². The topological polar surface area (TPSA) is 81.9 Å². The van der Waals surface area contributed by atoms with Crippen molar-refractivity contribution in [2.24, 2.45) is 5.10 Å². The van der Waals surface area contributed by atoms with Gasteiger partial charge in [0.2, 0.25) is 0 Å². The van der Waals surface area contributed by atoms with E-state index in [-0.39, 0.29) is 18.5 Å². The average molecular weight is 454 g/mol. The molecule has 8 heteroatoms. The van der Waals surface area contributed by atoms with E-state index < -0.39 is 0 Å². The number of benzene rings is 2. The van der Waals surface area contributed by atoms with Gasteiger partial charge in [0.25, 0.3) is 5.91 Å². The molecule has 0 fully saturated rings. The summed E-state index contributed by atoms with van der Waals surface area (Å²) in [6.07, 6.45) is 1.59. The number of carbonyl (C=O) groups excluding carboxylic acids is 2. The van der Waals surface area contributed by atoms with Gasteiger partial charge < -0.3 is 14.0 Å². The minimum absolute atomic E-state index is 0.162. The molecule has 0 unspecified atom stereocenters. The lowest BCUT2D eigenvalue weighted by atomic mass is 10.2. The molecule has 7 nitrogen and oxygen atoms in total. The predicted molar refractivity (Wildman–Crippen MR) is 124 cm³/mol. The Morgan fingerprint density at radius 1 is 1.09 bits per heavy atom. The van der Waals surface area contributed by atoms with Crippen LogP contribution in [0.2, 0.25) is 5.02 Å². The standard InChI is InChI=1S/C24H24ClN3O4/c1-4-31-24(30)18-5-9-21(10-6-18)28-16(2)13-19(17(28)3)14-26-27-23(29)15-32-22-11-7-20(25)8-12-22/h5-14H,4,15H2,1-3H3,(H,27,29). The van der Waals surface area contributed by atoms with Crippen molar-refractivity contribution in [3.05, 3.63) is 82.1 Å². The SMILES string of the molecule is CCOC(=O)c1ccc(-n2c(C)cc(C=NNC(=O)COc3ccc(Cl)cc3)c2C)cc1. The second kappa shape index (κ2) is 10.6. The van der Waals surface area contributed by atoms with Crippen molar-refractivity contribution >= 4 is 29.7 Å². The number of hydrogen-bond acceptors (Lipinski definition) is 5. The molecule has 2 aromatic carbocycles. The minimum Gasteiger partial charge on any atom is -0.484 e. The number of hydrazone groups is 1. The van der Waals surface area contributed by atoms with E-state index in [0.717, 1.165) is 22.6 Å². The normalized spacial score (nSPS) is 10.9. The van der Waals surface area contributed by atoms with Crippen LogP contribution in [0.4, 0.5) is 0 Å². The Labute approximate surface area is 191 Å². The molecule has 0 radical (unpaired) electrons. The first-order valence-corrected chi connectivity index (χ1v) is 10.4. The second-order valence-electron chi connectivity index (χ2n) is 6.96. The molecule has 0 aliphatic rings. The second-order valence-corrected chi connectivity index (χ2v) is 7.40. The van der Waals surface area contributed by atoms with E-state index in [0.29, 0.717) is 22.9 Å². The highest BCUT2D eigenvalue weighted by Gasteiger charge is 2.11. The molecule has 0 aliphatic carbocycles. The van der Waals surface area contributed by atoms with Crippen molar-refractivity contribution in [2.75, 3.05) is 13.2 Å². The maximum absolute atomic E-state index is 12.0. The highest BCUT2D eigenvalue weighted by Crippen LogP contribution is 2.20. The minimum atomic E-state index is -0.375. The number of aryl methyl sites for hydroxylation is 1. The zero-order chi connectivity index (χ0) is 23.1. The zero-order valence-electron chi connectivity index (χ0n) is 18.1. The number of carbonyl (C=O) groups is 2. The molecule has 0 atom stereocenters. The molecule has 1 heterocycles. The summed E-state index contributed by atoms with van der Waals surface area (Å²) in [4.78, 5) is 23.8. The van der Waals surface area contributed by atoms with Crippen LogP contribution in [-0.2, 0) is 9.53 Å². The van der Waals surface area contributed by atoms with E-state index in [9.17, 15) is 9.59 Å². The number of nitrogens with zero attached hydrogens (tertiary/aromatic N) is 2. The van der Waals surface area contributed by atoms with Crippen molar-refractivity contribution in [3.63, 3.8) is 0 Å². The Hall–Kier alpha value is -3.58. The Balaban J connectivity index is 1.62. The van der Waals surface area contributed by atoms with Crippen LogP contribution in [0.5, 0.6) is 5.75 Å². The van der Waals surface area contributed by atoms with Crippen LogP contribution in [-0.4, -0.2) is 35.9 Å². The number of esters is 1. The quantitative estimate of drug-likeness (QED) is 0.310. The molecule has 0 saturated carbocycles. The molecule has 32 heavy (non-hydrogen) atoms. The lowest BCUT2D eigenvalue weighted by Crippen LogP contribution is -2.24. The molecule has 0 aliphatic heterocycles. The van der Waals surface area contributed by atoms with Crippen LogP contribution in [0.25, 0.3) is 5.69 Å². The predicted octanol–water partition coefficient (Wildman–Crippen LogP) is 4.45. The molecule has 3 rings (SSSR count). The highest BCUT2D eigenvalue weighted by molar-refractivity contribution is 6.30. The van der Waals surface area contributed by atoms with Crippen molar-refractivity contribution in [1.29, 1.82) is 0 Å². The third-order valence-electron chi connectivity index (χ3n) is 4.68. The molecule has 1 amide bonds. The van der Waals surface area contributed by atoms with Crippen LogP contribution in [0.3, 0.4) is 0 Å². The molecular weight excluding hydrogens is 430 g/mol. The fourth-order valence-corrected chi connectivity index (χ4v) is 3.29. The van der Waals surface area contributed by atoms with Gasteiger partial charge in [0.1, 0.15) is 5.75 Å². The van der Waals surface area contributed by atoms with Crippen molar-refractivity contribution < 1.29 is 19.1 Å². The van der Waals surface area contributed by atoms with Gasteiger partial charge in [-0.25, -0.2) is 10.2 Å². The van der Waals surface area contributed by atoms with Gasteiger partial charge in [-0.3, -0.25) is 4.79 Å².